The number of rotatable bonds is 3. The van der Waals surface area contributed by atoms with Crippen LogP contribution in [0.3, 0.4) is 0 Å². The van der Waals surface area contributed by atoms with E-state index >= 15 is 0 Å². The Bertz CT molecular complexity index is 385. The van der Waals surface area contributed by atoms with Gasteiger partial charge in [0.15, 0.2) is 0 Å². The second-order valence-corrected chi connectivity index (χ2v) is 4.23. The number of carbonyl (C=O) groups is 1. The molecule has 1 atom stereocenters. The second kappa shape index (κ2) is 4.84. The normalized spacial score (nSPS) is 20.9. The summed E-state index contributed by atoms with van der Waals surface area (Å²) in [5.41, 5.74) is 0.489. The molecule has 16 heavy (non-hydrogen) atoms. The maximum absolute atomic E-state index is 10.5. The fraction of sp³-hybridized carbons (Fsp3) is 0.600. The molecule has 1 fully saturated rings. The predicted molar refractivity (Wildman–Crippen MR) is 57.7 cm³/mol. The van der Waals surface area contributed by atoms with Crippen LogP contribution >= 0.6 is 11.6 Å². The molecule has 2 rings (SSSR count). The minimum atomic E-state index is -0.902. The Morgan fingerprint density at radius 3 is 3.19 bits per heavy atom. The molecule has 0 aliphatic carbocycles. The molecule has 6 heteroatoms. The number of hydrogen-bond acceptors (Lipinski definition) is 3. The van der Waals surface area contributed by atoms with Crippen LogP contribution in [0.5, 0.6) is 0 Å². The van der Waals surface area contributed by atoms with E-state index in [2.05, 4.69) is 5.10 Å². The van der Waals surface area contributed by atoms with E-state index in [0.717, 1.165) is 19.4 Å². The van der Waals surface area contributed by atoms with Gasteiger partial charge in [-0.1, -0.05) is 11.6 Å². The summed E-state index contributed by atoms with van der Waals surface area (Å²) in [6, 6.07) is 1.73. The largest absolute Gasteiger partial charge is 0.481 e. The highest BCUT2D eigenvalue weighted by molar-refractivity contribution is 6.29. The third-order valence-electron chi connectivity index (χ3n) is 2.56. The molecule has 1 aliphatic heterocycles. The number of aromatic nitrogens is 2. The van der Waals surface area contributed by atoms with Crippen LogP contribution in [0.15, 0.2) is 6.07 Å². The van der Waals surface area contributed by atoms with Crippen molar-refractivity contribution in [2.75, 3.05) is 13.2 Å². The van der Waals surface area contributed by atoms with Crippen molar-refractivity contribution in [3.8, 4) is 0 Å². The molecular formula is C10H13ClN2O3. The first kappa shape index (κ1) is 11.4. The first-order valence-corrected chi connectivity index (χ1v) is 5.58. The number of ether oxygens (including phenoxy) is 1. The van der Waals surface area contributed by atoms with Crippen LogP contribution in [0, 0.1) is 0 Å². The van der Waals surface area contributed by atoms with Gasteiger partial charge >= 0.3 is 5.97 Å². The van der Waals surface area contributed by atoms with Gasteiger partial charge in [-0.05, 0) is 18.9 Å². The van der Waals surface area contributed by atoms with E-state index < -0.39 is 5.97 Å². The molecule has 1 saturated heterocycles. The number of nitrogens with zero attached hydrogens (tertiary/aromatic N) is 2. The zero-order valence-electron chi connectivity index (χ0n) is 8.73. The van der Waals surface area contributed by atoms with Crippen LogP contribution in [-0.4, -0.2) is 34.1 Å². The highest BCUT2D eigenvalue weighted by atomic mass is 35.5. The van der Waals surface area contributed by atoms with Crippen LogP contribution in [-0.2, 0) is 16.0 Å². The number of carboxylic acids is 1. The van der Waals surface area contributed by atoms with Crippen molar-refractivity contribution in [1.82, 2.24) is 9.78 Å². The monoisotopic (exact) mass is 244 g/mol. The summed E-state index contributed by atoms with van der Waals surface area (Å²) >= 11 is 6.01. The van der Waals surface area contributed by atoms with E-state index in [4.69, 9.17) is 21.4 Å². The number of aliphatic carboxylic acids is 1. The van der Waals surface area contributed by atoms with Gasteiger partial charge in [-0.2, -0.15) is 5.10 Å². The van der Waals surface area contributed by atoms with Crippen molar-refractivity contribution < 1.29 is 14.6 Å². The molecule has 2 heterocycles. The SMILES string of the molecule is O=C(O)Cc1cc(Cl)n(C2CCCOC2)n1. The molecule has 0 saturated carbocycles. The van der Waals surface area contributed by atoms with E-state index in [1.807, 2.05) is 0 Å². The Balaban J connectivity index is 2.13. The van der Waals surface area contributed by atoms with Gasteiger partial charge in [-0.25, -0.2) is 4.68 Å². The lowest BCUT2D eigenvalue weighted by molar-refractivity contribution is -0.136. The van der Waals surface area contributed by atoms with Gasteiger partial charge in [-0.15, -0.1) is 0 Å². The predicted octanol–water partition coefficient (Wildman–Crippen LogP) is 1.52. The van der Waals surface area contributed by atoms with Crippen LogP contribution in [0.25, 0.3) is 0 Å². The minimum Gasteiger partial charge on any atom is -0.481 e. The van der Waals surface area contributed by atoms with Crippen LogP contribution < -0.4 is 0 Å². The van der Waals surface area contributed by atoms with Crippen molar-refractivity contribution in [2.24, 2.45) is 0 Å². The van der Waals surface area contributed by atoms with Crippen LogP contribution in [0.4, 0.5) is 0 Å². The fourth-order valence-electron chi connectivity index (χ4n) is 1.83. The molecule has 0 bridgehead atoms. The first-order valence-electron chi connectivity index (χ1n) is 5.20. The lowest BCUT2D eigenvalue weighted by Crippen LogP contribution is -2.22. The zero-order valence-corrected chi connectivity index (χ0v) is 9.48. The Morgan fingerprint density at radius 1 is 1.75 bits per heavy atom. The fourth-order valence-corrected chi connectivity index (χ4v) is 2.13. The van der Waals surface area contributed by atoms with Gasteiger partial charge in [0, 0.05) is 6.61 Å². The Labute approximate surface area is 98.0 Å². The number of hydrogen-bond donors (Lipinski definition) is 1. The molecule has 1 aliphatic rings. The molecule has 0 spiro atoms. The van der Waals surface area contributed by atoms with Gasteiger partial charge < -0.3 is 9.84 Å². The van der Waals surface area contributed by atoms with Gasteiger partial charge in [0.1, 0.15) is 5.15 Å². The molecule has 88 valence electrons. The van der Waals surface area contributed by atoms with Crippen molar-refractivity contribution >= 4 is 17.6 Å². The number of carboxylic acid groups (broad SMARTS) is 1. The van der Waals surface area contributed by atoms with Gasteiger partial charge in [0.05, 0.1) is 24.8 Å². The van der Waals surface area contributed by atoms with Crippen molar-refractivity contribution in [2.45, 2.75) is 25.3 Å². The average molecular weight is 245 g/mol. The van der Waals surface area contributed by atoms with Crippen LogP contribution in [0.2, 0.25) is 5.15 Å². The minimum absolute atomic E-state index is 0.0969. The van der Waals surface area contributed by atoms with E-state index in [-0.39, 0.29) is 12.5 Å². The summed E-state index contributed by atoms with van der Waals surface area (Å²) in [4.78, 5) is 10.5. The van der Waals surface area contributed by atoms with Gasteiger partial charge in [-0.3, -0.25) is 4.79 Å². The molecule has 1 unspecified atom stereocenters. The molecule has 1 N–H and O–H groups in total. The maximum Gasteiger partial charge on any atom is 0.309 e. The third kappa shape index (κ3) is 2.54. The first-order chi connectivity index (χ1) is 7.66. The summed E-state index contributed by atoms with van der Waals surface area (Å²) < 4.78 is 7.01. The molecule has 0 aromatic carbocycles. The Kier molecular flexibility index (Phi) is 3.46. The van der Waals surface area contributed by atoms with E-state index in [1.54, 1.807) is 10.7 Å². The Morgan fingerprint density at radius 2 is 2.56 bits per heavy atom. The van der Waals surface area contributed by atoms with Gasteiger partial charge in [0.25, 0.3) is 0 Å². The quantitative estimate of drug-likeness (QED) is 0.876. The second-order valence-electron chi connectivity index (χ2n) is 3.84. The average Bonchev–Trinajstić information content (AvgIpc) is 2.60. The maximum atomic E-state index is 10.5. The third-order valence-corrected chi connectivity index (χ3v) is 2.84. The topological polar surface area (TPSA) is 64.3 Å². The molecule has 0 amide bonds. The summed E-state index contributed by atoms with van der Waals surface area (Å²) in [6.07, 6.45) is 1.85. The van der Waals surface area contributed by atoms with Gasteiger partial charge in [0.2, 0.25) is 0 Å². The lowest BCUT2D eigenvalue weighted by Gasteiger charge is -2.22. The number of halogens is 1. The molecule has 5 nitrogen and oxygen atoms in total. The van der Waals surface area contributed by atoms with Crippen molar-refractivity contribution in [1.29, 1.82) is 0 Å². The highest BCUT2D eigenvalue weighted by Gasteiger charge is 2.20. The van der Waals surface area contributed by atoms with Crippen LogP contribution in [0.1, 0.15) is 24.6 Å². The summed E-state index contributed by atoms with van der Waals surface area (Å²) in [6.45, 7) is 1.37. The molecule has 1 aromatic rings. The smallest absolute Gasteiger partial charge is 0.309 e. The van der Waals surface area contributed by atoms with Crippen molar-refractivity contribution in [3.63, 3.8) is 0 Å². The zero-order chi connectivity index (χ0) is 11.5. The molecular weight excluding hydrogens is 232 g/mol. The summed E-state index contributed by atoms with van der Waals surface area (Å²) in [7, 11) is 0. The van der Waals surface area contributed by atoms with E-state index in [0.29, 0.717) is 17.5 Å². The molecule has 0 radical (unpaired) electrons. The molecule has 1 aromatic heterocycles. The Hall–Kier alpha value is -1.07. The van der Waals surface area contributed by atoms with E-state index in [1.165, 1.54) is 0 Å². The lowest BCUT2D eigenvalue weighted by atomic mass is 10.1. The standard InChI is InChI=1S/C10H13ClN2O3/c11-9-4-7(5-10(14)15)12-13(9)8-2-1-3-16-6-8/h4,8H,1-3,5-6H2,(H,14,15). The summed E-state index contributed by atoms with van der Waals surface area (Å²) in [5.74, 6) is -0.902. The van der Waals surface area contributed by atoms with Crippen molar-refractivity contribution in [3.05, 3.63) is 16.9 Å². The highest BCUT2D eigenvalue weighted by Crippen LogP contribution is 2.24. The van der Waals surface area contributed by atoms with E-state index in [9.17, 15) is 4.79 Å². The summed E-state index contributed by atoms with van der Waals surface area (Å²) in [5, 5.41) is 13.3.